The van der Waals surface area contributed by atoms with Crippen LogP contribution in [-0.2, 0) is 17.4 Å². The molecular formula is C19H16F3N3O2. The van der Waals surface area contributed by atoms with E-state index < -0.39 is 17.6 Å². The summed E-state index contributed by atoms with van der Waals surface area (Å²) in [6.45, 7) is 1.94. The standard InChI is InChI=1S/C19H16F3N3O2/c1-12-4-2-5-13(10-12)18-25-24-17(27-18)9-8-16(26)23-15-7-3-6-14(11-15)19(20,21)22/h2-7,10-11H,8-9H2,1H3,(H,23,26). The average Bonchev–Trinajstić information content (AvgIpc) is 3.09. The predicted octanol–water partition coefficient (Wildman–Crippen LogP) is 4.64. The fraction of sp³-hybridized carbons (Fsp3) is 0.211. The molecule has 1 aromatic heterocycles. The summed E-state index contributed by atoms with van der Waals surface area (Å²) in [5, 5.41) is 10.3. The second kappa shape index (κ2) is 7.61. The number of alkyl halides is 3. The second-order valence-electron chi connectivity index (χ2n) is 6.00. The number of hydrogen-bond acceptors (Lipinski definition) is 4. The van der Waals surface area contributed by atoms with Crippen molar-refractivity contribution in [1.29, 1.82) is 0 Å². The van der Waals surface area contributed by atoms with Crippen molar-refractivity contribution in [2.24, 2.45) is 0 Å². The minimum atomic E-state index is -4.46. The number of nitrogens with one attached hydrogen (secondary N) is 1. The minimum absolute atomic E-state index is 0.00565. The Morgan fingerprint density at radius 1 is 1.11 bits per heavy atom. The molecule has 0 aliphatic heterocycles. The van der Waals surface area contributed by atoms with Gasteiger partial charge in [-0.05, 0) is 37.3 Å². The summed E-state index contributed by atoms with van der Waals surface area (Å²) in [5.74, 6) is 0.197. The van der Waals surface area contributed by atoms with Crippen LogP contribution in [0, 0.1) is 6.92 Å². The van der Waals surface area contributed by atoms with E-state index in [1.165, 1.54) is 12.1 Å². The molecule has 0 saturated heterocycles. The molecular weight excluding hydrogens is 359 g/mol. The average molecular weight is 375 g/mol. The number of benzene rings is 2. The number of aromatic nitrogens is 2. The Balaban J connectivity index is 1.59. The molecule has 0 aliphatic rings. The zero-order chi connectivity index (χ0) is 19.4. The molecule has 0 unspecified atom stereocenters. The minimum Gasteiger partial charge on any atom is -0.421 e. The molecule has 0 atom stereocenters. The highest BCUT2D eigenvalue weighted by Crippen LogP contribution is 2.30. The number of hydrogen-bond donors (Lipinski definition) is 1. The van der Waals surface area contributed by atoms with Crippen LogP contribution in [0.5, 0.6) is 0 Å². The lowest BCUT2D eigenvalue weighted by Gasteiger charge is -2.09. The summed E-state index contributed by atoms with van der Waals surface area (Å²) in [4.78, 5) is 12.0. The number of anilines is 1. The van der Waals surface area contributed by atoms with E-state index in [1.54, 1.807) is 0 Å². The highest BCUT2D eigenvalue weighted by molar-refractivity contribution is 5.90. The van der Waals surface area contributed by atoms with E-state index in [2.05, 4.69) is 15.5 Å². The van der Waals surface area contributed by atoms with Crippen LogP contribution < -0.4 is 5.32 Å². The van der Waals surface area contributed by atoms with Crippen molar-refractivity contribution in [2.45, 2.75) is 25.9 Å². The molecule has 1 N–H and O–H groups in total. The number of nitrogens with zero attached hydrogens (tertiary/aromatic N) is 2. The number of aryl methyl sites for hydroxylation is 2. The highest BCUT2D eigenvalue weighted by Gasteiger charge is 2.30. The maximum absolute atomic E-state index is 12.7. The van der Waals surface area contributed by atoms with Crippen LogP contribution in [0.3, 0.4) is 0 Å². The van der Waals surface area contributed by atoms with Crippen LogP contribution in [0.2, 0.25) is 0 Å². The number of carbonyl (C=O) groups excluding carboxylic acids is 1. The van der Waals surface area contributed by atoms with Crippen LogP contribution in [0.15, 0.2) is 52.9 Å². The first-order valence-electron chi connectivity index (χ1n) is 8.18. The van der Waals surface area contributed by atoms with Gasteiger partial charge in [0.15, 0.2) is 0 Å². The molecule has 2 aromatic carbocycles. The Bertz CT molecular complexity index is 951. The second-order valence-corrected chi connectivity index (χ2v) is 6.00. The van der Waals surface area contributed by atoms with Gasteiger partial charge in [-0.15, -0.1) is 10.2 Å². The molecule has 140 valence electrons. The molecule has 5 nitrogen and oxygen atoms in total. The molecule has 27 heavy (non-hydrogen) atoms. The van der Waals surface area contributed by atoms with Gasteiger partial charge in [-0.3, -0.25) is 4.79 Å². The van der Waals surface area contributed by atoms with Crippen LogP contribution in [-0.4, -0.2) is 16.1 Å². The molecule has 1 heterocycles. The number of rotatable bonds is 5. The SMILES string of the molecule is Cc1cccc(-c2nnc(CCC(=O)Nc3cccc(C(F)(F)F)c3)o2)c1. The van der Waals surface area contributed by atoms with Gasteiger partial charge in [0.05, 0.1) is 5.56 Å². The van der Waals surface area contributed by atoms with Crippen LogP contribution >= 0.6 is 0 Å². The van der Waals surface area contributed by atoms with Gasteiger partial charge in [0.25, 0.3) is 0 Å². The van der Waals surface area contributed by atoms with Gasteiger partial charge < -0.3 is 9.73 Å². The van der Waals surface area contributed by atoms with Gasteiger partial charge in [-0.1, -0.05) is 23.8 Å². The molecule has 0 radical (unpaired) electrons. The Morgan fingerprint density at radius 2 is 1.89 bits per heavy atom. The monoisotopic (exact) mass is 375 g/mol. The molecule has 0 bridgehead atoms. The number of carbonyl (C=O) groups is 1. The van der Waals surface area contributed by atoms with E-state index in [0.717, 1.165) is 23.3 Å². The lowest BCUT2D eigenvalue weighted by atomic mass is 10.1. The summed E-state index contributed by atoms with van der Waals surface area (Å²) in [6, 6.07) is 12.0. The van der Waals surface area contributed by atoms with Crippen molar-refractivity contribution < 1.29 is 22.4 Å². The fourth-order valence-electron chi connectivity index (χ4n) is 2.47. The van der Waals surface area contributed by atoms with E-state index in [1.807, 2.05) is 31.2 Å². The van der Waals surface area contributed by atoms with Gasteiger partial charge in [-0.2, -0.15) is 13.2 Å². The molecule has 3 rings (SSSR count). The lowest BCUT2D eigenvalue weighted by molar-refractivity contribution is -0.137. The fourth-order valence-corrected chi connectivity index (χ4v) is 2.47. The zero-order valence-electron chi connectivity index (χ0n) is 14.4. The van der Waals surface area contributed by atoms with E-state index >= 15 is 0 Å². The van der Waals surface area contributed by atoms with Crippen molar-refractivity contribution in [3.05, 3.63) is 65.5 Å². The summed E-state index contributed by atoms with van der Waals surface area (Å²) >= 11 is 0. The third kappa shape index (κ3) is 4.93. The van der Waals surface area contributed by atoms with Gasteiger partial charge in [0, 0.05) is 24.1 Å². The topological polar surface area (TPSA) is 68.0 Å². The lowest BCUT2D eigenvalue weighted by Crippen LogP contribution is -2.13. The van der Waals surface area contributed by atoms with Gasteiger partial charge in [0.1, 0.15) is 0 Å². The molecule has 0 saturated carbocycles. The highest BCUT2D eigenvalue weighted by atomic mass is 19.4. The quantitative estimate of drug-likeness (QED) is 0.706. The van der Waals surface area contributed by atoms with E-state index in [-0.39, 0.29) is 24.4 Å². The largest absolute Gasteiger partial charge is 0.421 e. The first kappa shape index (κ1) is 18.6. The van der Waals surface area contributed by atoms with Crippen molar-refractivity contribution in [3.63, 3.8) is 0 Å². The smallest absolute Gasteiger partial charge is 0.416 e. The third-order valence-corrected chi connectivity index (χ3v) is 3.77. The van der Waals surface area contributed by atoms with Gasteiger partial charge in [0.2, 0.25) is 17.7 Å². The summed E-state index contributed by atoms with van der Waals surface area (Å²) < 4.78 is 43.6. The van der Waals surface area contributed by atoms with Crippen molar-refractivity contribution >= 4 is 11.6 Å². The van der Waals surface area contributed by atoms with Crippen molar-refractivity contribution in [2.75, 3.05) is 5.32 Å². The summed E-state index contributed by atoms with van der Waals surface area (Å²) in [5.41, 5.74) is 1.09. The molecule has 1 amide bonds. The molecule has 0 aliphatic carbocycles. The van der Waals surface area contributed by atoms with Crippen LogP contribution in [0.4, 0.5) is 18.9 Å². The Morgan fingerprint density at radius 3 is 2.63 bits per heavy atom. The van der Waals surface area contributed by atoms with E-state index in [4.69, 9.17) is 4.42 Å². The molecule has 0 fully saturated rings. The Kier molecular flexibility index (Phi) is 5.25. The zero-order valence-corrected chi connectivity index (χ0v) is 14.4. The van der Waals surface area contributed by atoms with E-state index in [0.29, 0.717) is 5.89 Å². The predicted molar refractivity (Wildman–Crippen MR) is 92.9 cm³/mol. The van der Waals surface area contributed by atoms with Gasteiger partial charge >= 0.3 is 6.18 Å². The molecule has 8 heteroatoms. The first-order chi connectivity index (χ1) is 12.8. The summed E-state index contributed by atoms with van der Waals surface area (Å²) in [6.07, 6.45) is -4.27. The maximum atomic E-state index is 12.7. The van der Waals surface area contributed by atoms with Crippen LogP contribution in [0.1, 0.15) is 23.4 Å². The van der Waals surface area contributed by atoms with Crippen molar-refractivity contribution in [1.82, 2.24) is 10.2 Å². The normalized spacial score (nSPS) is 11.4. The maximum Gasteiger partial charge on any atom is 0.416 e. The number of amides is 1. The van der Waals surface area contributed by atoms with Gasteiger partial charge in [-0.25, -0.2) is 0 Å². The van der Waals surface area contributed by atoms with Crippen LogP contribution in [0.25, 0.3) is 11.5 Å². The van der Waals surface area contributed by atoms with E-state index in [9.17, 15) is 18.0 Å². The van der Waals surface area contributed by atoms with Crippen molar-refractivity contribution in [3.8, 4) is 11.5 Å². The third-order valence-electron chi connectivity index (χ3n) is 3.77. The molecule has 3 aromatic rings. The molecule has 0 spiro atoms. The first-order valence-corrected chi connectivity index (χ1v) is 8.18. The number of halogens is 3. The Hall–Kier alpha value is -3.16. The Labute approximate surface area is 153 Å². The summed E-state index contributed by atoms with van der Waals surface area (Å²) in [7, 11) is 0.